The zero-order valence-corrected chi connectivity index (χ0v) is 10.2. The molecular weight excluding hydrogens is 257 g/mol. The molecule has 0 aliphatic carbocycles. The number of amides is 2. The molecule has 1 rings (SSSR count). The van der Waals surface area contributed by atoms with Crippen LogP contribution in [0.15, 0.2) is 0 Å². The van der Waals surface area contributed by atoms with E-state index in [0.717, 1.165) is 0 Å². The Morgan fingerprint density at radius 3 is 2.53 bits per heavy atom. The van der Waals surface area contributed by atoms with Crippen LogP contribution in [0.4, 0.5) is 13.2 Å². The summed E-state index contributed by atoms with van der Waals surface area (Å²) in [5.74, 6) is -0.988. The minimum Gasteiger partial charge on any atom is -0.345 e. The molecule has 0 aromatic heterocycles. The van der Waals surface area contributed by atoms with Gasteiger partial charge in [0.05, 0.1) is 6.54 Å². The minimum atomic E-state index is -4.31. The van der Waals surface area contributed by atoms with E-state index in [1.807, 2.05) is 0 Å². The molecule has 98 valence electrons. The molecule has 0 aromatic carbocycles. The van der Waals surface area contributed by atoms with Crippen LogP contribution in [-0.4, -0.2) is 46.6 Å². The standard InChI is InChI=1S/C9H13F3N2O2S/c1-8(2)7(16)13-5-6(15)14(8)3-4-17-9(10,11)12/h3-5H2,1-2H3,(H,13,16). The quantitative estimate of drug-likeness (QED) is 0.831. The van der Waals surface area contributed by atoms with Crippen LogP contribution in [-0.2, 0) is 9.59 Å². The number of nitrogens with one attached hydrogen (secondary N) is 1. The number of alkyl halides is 3. The number of halogens is 3. The Morgan fingerprint density at radius 2 is 2.00 bits per heavy atom. The molecule has 0 radical (unpaired) electrons. The second-order valence-electron chi connectivity index (χ2n) is 4.08. The first-order chi connectivity index (χ1) is 7.64. The normalized spacial score (nSPS) is 20.4. The molecule has 8 heteroatoms. The smallest absolute Gasteiger partial charge is 0.345 e. The third kappa shape index (κ3) is 3.52. The summed E-state index contributed by atoms with van der Waals surface area (Å²) >= 11 is -0.194. The maximum atomic E-state index is 12.0. The molecule has 0 bridgehead atoms. The van der Waals surface area contributed by atoms with Gasteiger partial charge in [0.25, 0.3) is 0 Å². The molecule has 1 aliphatic rings. The largest absolute Gasteiger partial charge is 0.441 e. The van der Waals surface area contributed by atoms with E-state index < -0.39 is 11.0 Å². The van der Waals surface area contributed by atoms with Gasteiger partial charge >= 0.3 is 5.51 Å². The van der Waals surface area contributed by atoms with Crippen molar-refractivity contribution in [2.24, 2.45) is 0 Å². The second kappa shape index (κ2) is 4.75. The van der Waals surface area contributed by atoms with Gasteiger partial charge in [-0.2, -0.15) is 13.2 Å². The van der Waals surface area contributed by atoms with Gasteiger partial charge in [0.2, 0.25) is 11.8 Å². The van der Waals surface area contributed by atoms with Crippen molar-refractivity contribution in [3.05, 3.63) is 0 Å². The van der Waals surface area contributed by atoms with Gasteiger partial charge in [-0.05, 0) is 25.6 Å². The first-order valence-electron chi connectivity index (χ1n) is 4.94. The predicted octanol–water partition coefficient (Wildman–Crippen LogP) is 0.976. The zero-order chi connectivity index (χ0) is 13.3. The van der Waals surface area contributed by atoms with Crippen molar-refractivity contribution in [1.82, 2.24) is 10.2 Å². The van der Waals surface area contributed by atoms with E-state index in [2.05, 4.69) is 5.32 Å². The Kier molecular flexibility index (Phi) is 3.95. The number of thioether (sulfide) groups is 1. The third-order valence-corrected chi connectivity index (χ3v) is 3.23. The van der Waals surface area contributed by atoms with Gasteiger partial charge in [-0.15, -0.1) is 0 Å². The van der Waals surface area contributed by atoms with Gasteiger partial charge in [0.1, 0.15) is 5.54 Å². The Morgan fingerprint density at radius 1 is 1.41 bits per heavy atom. The highest BCUT2D eigenvalue weighted by atomic mass is 32.2. The topological polar surface area (TPSA) is 49.4 Å². The van der Waals surface area contributed by atoms with Crippen LogP contribution in [0.1, 0.15) is 13.8 Å². The number of hydrogen-bond acceptors (Lipinski definition) is 3. The molecule has 0 saturated carbocycles. The lowest BCUT2D eigenvalue weighted by molar-refractivity contribution is -0.151. The Hall–Kier alpha value is -0.920. The van der Waals surface area contributed by atoms with E-state index in [-0.39, 0.29) is 42.4 Å². The predicted molar refractivity (Wildman–Crippen MR) is 57.3 cm³/mol. The van der Waals surface area contributed by atoms with Crippen molar-refractivity contribution in [3.63, 3.8) is 0 Å². The van der Waals surface area contributed by atoms with Gasteiger partial charge < -0.3 is 10.2 Å². The van der Waals surface area contributed by atoms with Crippen molar-refractivity contribution in [3.8, 4) is 0 Å². The lowest BCUT2D eigenvalue weighted by Crippen LogP contribution is -2.64. The molecule has 0 spiro atoms. The van der Waals surface area contributed by atoms with Crippen LogP contribution in [0.5, 0.6) is 0 Å². The van der Waals surface area contributed by atoms with Crippen molar-refractivity contribution in [2.75, 3.05) is 18.8 Å². The van der Waals surface area contributed by atoms with E-state index in [0.29, 0.717) is 0 Å². The van der Waals surface area contributed by atoms with Crippen molar-refractivity contribution in [2.45, 2.75) is 24.9 Å². The van der Waals surface area contributed by atoms with Crippen molar-refractivity contribution < 1.29 is 22.8 Å². The Bertz CT molecular complexity index is 331. The fourth-order valence-electron chi connectivity index (χ4n) is 1.56. The first kappa shape index (κ1) is 14.1. The van der Waals surface area contributed by atoms with Gasteiger partial charge in [0, 0.05) is 12.3 Å². The average molecular weight is 270 g/mol. The molecule has 2 amide bonds. The summed E-state index contributed by atoms with van der Waals surface area (Å²) in [6.45, 7) is 2.78. The number of hydrogen-bond donors (Lipinski definition) is 1. The summed E-state index contributed by atoms with van der Waals surface area (Å²) in [5, 5.41) is 2.40. The van der Waals surface area contributed by atoms with E-state index in [9.17, 15) is 22.8 Å². The van der Waals surface area contributed by atoms with Gasteiger partial charge in [0.15, 0.2) is 0 Å². The van der Waals surface area contributed by atoms with Crippen molar-refractivity contribution in [1.29, 1.82) is 0 Å². The molecule has 1 N–H and O–H groups in total. The van der Waals surface area contributed by atoms with E-state index in [1.54, 1.807) is 0 Å². The molecule has 0 unspecified atom stereocenters. The molecule has 17 heavy (non-hydrogen) atoms. The number of rotatable bonds is 3. The van der Waals surface area contributed by atoms with Crippen LogP contribution >= 0.6 is 11.8 Å². The van der Waals surface area contributed by atoms with Gasteiger partial charge in [-0.3, -0.25) is 9.59 Å². The zero-order valence-electron chi connectivity index (χ0n) is 9.43. The Balaban J connectivity index is 2.61. The van der Waals surface area contributed by atoms with Crippen molar-refractivity contribution >= 4 is 23.6 Å². The van der Waals surface area contributed by atoms with Crippen LogP contribution in [0.25, 0.3) is 0 Å². The monoisotopic (exact) mass is 270 g/mol. The Labute approximate surface area is 101 Å². The highest BCUT2D eigenvalue weighted by Crippen LogP contribution is 2.30. The number of nitrogens with zero attached hydrogens (tertiary/aromatic N) is 1. The van der Waals surface area contributed by atoms with Gasteiger partial charge in [-0.25, -0.2) is 0 Å². The SMILES string of the molecule is CC1(C)C(=O)NCC(=O)N1CCSC(F)(F)F. The summed E-state index contributed by atoms with van der Waals surface area (Å²) in [7, 11) is 0. The highest BCUT2D eigenvalue weighted by molar-refractivity contribution is 8.00. The van der Waals surface area contributed by atoms with Crippen LogP contribution in [0.2, 0.25) is 0 Å². The summed E-state index contributed by atoms with van der Waals surface area (Å²) in [5.41, 5.74) is -5.41. The number of piperazine rings is 1. The maximum Gasteiger partial charge on any atom is 0.441 e. The third-order valence-electron chi connectivity index (χ3n) is 2.51. The van der Waals surface area contributed by atoms with Gasteiger partial charge in [-0.1, -0.05) is 0 Å². The van der Waals surface area contributed by atoms with Crippen LogP contribution < -0.4 is 5.32 Å². The summed E-state index contributed by atoms with van der Waals surface area (Å²) in [6, 6.07) is 0. The first-order valence-corrected chi connectivity index (χ1v) is 5.92. The maximum absolute atomic E-state index is 12.0. The van der Waals surface area contributed by atoms with E-state index in [4.69, 9.17) is 0 Å². The molecule has 4 nitrogen and oxygen atoms in total. The molecule has 1 aliphatic heterocycles. The fourth-order valence-corrected chi connectivity index (χ4v) is 2.06. The summed E-state index contributed by atoms with van der Waals surface area (Å²) in [4.78, 5) is 24.2. The molecule has 1 heterocycles. The summed E-state index contributed by atoms with van der Waals surface area (Å²) < 4.78 is 35.9. The molecule has 0 atom stereocenters. The molecular formula is C9H13F3N2O2S. The summed E-state index contributed by atoms with van der Waals surface area (Å²) in [6.07, 6.45) is 0. The number of carbonyl (C=O) groups is 2. The fraction of sp³-hybridized carbons (Fsp3) is 0.778. The molecule has 1 saturated heterocycles. The lowest BCUT2D eigenvalue weighted by Gasteiger charge is -2.41. The average Bonchev–Trinajstić information content (AvgIpc) is 2.16. The van der Waals surface area contributed by atoms with Crippen LogP contribution in [0.3, 0.4) is 0 Å². The van der Waals surface area contributed by atoms with E-state index in [1.165, 1.54) is 18.7 Å². The lowest BCUT2D eigenvalue weighted by atomic mass is 9.99. The molecule has 1 fully saturated rings. The minimum absolute atomic E-state index is 0.0938. The highest BCUT2D eigenvalue weighted by Gasteiger charge is 2.41. The van der Waals surface area contributed by atoms with Crippen LogP contribution in [0, 0.1) is 0 Å². The second-order valence-corrected chi connectivity index (χ2v) is 5.24. The van der Waals surface area contributed by atoms with E-state index >= 15 is 0 Å². The number of carbonyl (C=O) groups excluding carboxylic acids is 2. The molecule has 0 aromatic rings.